The van der Waals surface area contributed by atoms with Gasteiger partial charge >= 0.3 is 24.1 Å². The van der Waals surface area contributed by atoms with E-state index in [1.165, 1.54) is 16.7 Å². The number of carbonyl (C=O) groups excluding carboxylic acids is 6. The Morgan fingerprint density at radius 3 is 1.48 bits per heavy atom. The van der Waals surface area contributed by atoms with E-state index in [9.17, 15) is 65.0 Å². The van der Waals surface area contributed by atoms with Crippen LogP contribution in [0.1, 0.15) is 83.6 Å². The molecule has 2 heterocycles. The Labute approximate surface area is 427 Å². The Hall–Kier alpha value is -6.17. The molecular weight excluding hydrogens is 1010 g/mol. The van der Waals surface area contributed by atoms with Crippen LogP contribution in [0, 0.1) is 34.9 Å². The maximum atomic E-state index is 14.4. The van der Waals surface area contributed by atoms with Crippen molar-refractivity contribution < 1.29 is 79.2 Å². The van der Waals surface area contributed by atoms with E-state index in [4.69, 9.17) is 14.2 Å². The van der Waals surface area contributed by atoms with Gasteiger partial charge in [-0.2, -0.15) is 0 Å². The molecule has 4 atom stereocenters. The number of carboxylic acid groups (broad SMARTS) is 1. The number of carbonyl (C=O) groups is 7. The number of nitrogens with one attached hydrogen (secondary N) is 3. The molecule has 16 nitrogen and oxygen atoms in total. The van der Waals surface area contributed by atoms with Crippen LogP contribution in [0.5, 0.6) is 0 Å². The van der Waals surface area contributed by atoms with E-state index in [1.807, 2.05) is 0 Å². The van der Waals surface area contributed by atoms with Crippen LogP contribution in [0.2, 0.25) is 0 Å². The van der Waals surface area contributed by atoms with E-state index in [1.54, 1.807) is 72.7 Å². The summed E-state index contributed by atoms with van der Waals surface area (Å²) in [5.74, 6) is -9.33. The number of hydrogen-bond donors (Lipinski definition) is 4. The molecule has 73 heavy (non-hydrogen) atoms. The van der Waals surface area contributed by atoms with Crippen LogP contribution >= 0.6 is 23.5 Å². The predicted molar refractivity (Wildman–Crippen MR) is 258 cm³/mol. The van der Waals surface area contributed by atoms with E-state index in [0.717, 1.165) is 27.8 Å². The number of amides is 5. The number of alkyl carbamates (subject to hydrolysis) is 2. The monoisotopic (exact) mass is 1070 g/mol. The number of nitrogens with zero attached hydrogens (tertiary/aromatic N) is 2. The molecule has 2 fully saturated rings. The molecule has 0 aliphatic carbocycles. The van der Waals surface area contributed by atoms with Crippen molar-refractivity contribution in [3.63, 3.8) is 0 Å². The molecule has 5 amide bonds. The fourth-order valence-electron chi connectivity index (χ4n) is 7.23. The lowest BCUT2D eigenvalue weighted by Gasteiger charge is -2.27. The quantitative estimate of drug-likeness (QED) is 0.0458. The molecule has 0 spiro atoms. The van der Waals surface area contributed by atoms with Gasteiger partial charge in [0.25, 0.3) is 5.91 Å². The summed E-state index contributed by atoms with van der Waals surface area (Å²) < 4.78 is 97.9. The largest absolute Gasteiger partial charge is 0.479 e. The summed E-state index contributed by atoms with van der Waals surface area (Å²) in [5, 5.41) is 15.1. The van der Waals surface area contributed by atoms with Crippen molar-refractivity contribution in [3.8, 4) is 0 Å². The normalized spacial score (nSPS) is 16.3. The standard InChI is InChI=1S/C30H36F3N3O6S.C19H23F3N2O5S/c1-5-41-26(38)12-18-6-8-19(9-7-18)17-34-27(39)28-36(10-11-43-28)25(37)15-21(35-29(40)42-30(2,3)4)13-20-14-23(32)24(33)16-22(20)31;1-19(2,3)29-18(28)23-11(6-10-7-13(21)14(22)9-12(10)20)8-15(25)24-4-5-30-16(24)17(26)27/h6-9,14,16,21,28H,5,10-13,15,17H2,1-4H3,(H,34,39)(H,35,40);7,9,11,16H,4-6,8H2,1-3H3,(H,23,28)(H,26,27)/t21-,28?;11-,16?/m11/s1. The van der Waals surface area contributed by atoms with Crippen LogP contribution < -0.4 is 16.0 Å². The highest BCUT2D eigenvalue weighted by Gasteiger charge is 2.38. The van der Waals surface area contributed by atoms with Gasteiger partial charge in [0.05, 0.1) is 13.0 Å². The van der Waals surface area contributed by atoms with Crippen LogP contribution in [0.25, 0.3) is 0 Å². The van der Waals surface area contributed by atoms with Crippen LogP contribution in [0.4, 0.5) is 35.9 Å². The second-order valence-electron chi connectivity index (χ2n) is 18.7. The fraction of sp³-hybridized carbons (Fsp3) is 0.490. The first-order chi connectivity index (χ1) is 34.1. The highest BCUT2D eigenvalue weighted by atomic mass is 32.2. The molecule has 0 radical (unpaired) electrons. The average Bonchev–Trinajstić information content (AvgIpc) is 3.98. The first kappa shape index (κ1) is 59.4. The Balaban J connectivity index is 0.000000338. The first-order valence-corrected chi connectivity index (χ1v) is 25.0. The minimum Gasteiger partial charge on any atom is -0.479 e. The molecule has 400 valence electrons. The van der Waals surface area contributed by atoms with Gasteiger partial charge in [-0.3, -0.25) is 19.2 Å². The third-order valence-corrected chi connectivity index (χ3v) is 12.8. The van der Waals surface area contributed by atoms with E-state index in [0.29, 0.717) is 42.4 Å². The summed E-state index contributed by atoms with van der Waals surface area (Å²) in [5.41, 5.74) is -0.612. The molecule has 4 N–H and O–H groups in total. The van der Waals surface area contributed by atoms with Crippen LogP contribution in [0.3, 0.4) is 0 Å². The molecule has 2 saturated heterocycles. The number of aliphatic carboxylic acids is 1. The minimum absolute atomic E-state index is 0.142. The Bertz CT molecular complexity index is 2480. The summed E-state index contributed by atoms with van der Waals surface area (Å²) >= 11 is 2.36. The Morgan fingerprint density at radius 2 is 1.05 bits per heavy atom. The smallest absolute Gasteiger partial charge is 0.407 e. The van der Waals surface area contributed by atoms with Gasteiger partial charge in [0.15, 0.2) is 34.0 Å². The van der Waals surface area contributed by atoms with Crippen LogP contribution in [-0.2, 0) is 64.0 Å². The van der Waals surface area contributed by atoms with Gasteiger partial charge in [0, 0.05) is 68.2 Å². The second-order valence-corrected chi connectivity index (χ2v) is 21.1. The summed E-state index contributed by atoms with van der Waals surface area (Å²) in [7, 11) is 0. The molecule has 2 aliphatic rings. The van der Waals surface area contributed by atoms with Crippen molar-refractivity contribution in [3.05, 3.63) is 106 Å². The molecule has 0 aromatic heterocycles. The summed E-state index contributed by atoms with van der Waals surface area (Å²) in [6, 6.07) is 7.16. The fourth-order valence-corrected chi connectivity index (χ4v) is 9.46. The molecule has 0 bridgehead atoms. The molecule has 2 unspecified atom stereocenters. The molecule has 24 heteroatoms. The van der Waals surface area contributed by atoms with Crippen molar-refractivity contribution in [1.82, 2.24) is 25.8 Å². The topological polar surface area (TPSA) is 210 Å². The minimum atomic E-state index is -1.36. The molecule has 0 saturated carbocycles. The second kappa shape index (κ2) is 26.7. The van der Waals surface area contributed by atoms with Crippen molar-refractivity contribution in [2.75, 3.05) is 31.2 Å². The van der Waals surface area contributed by atoms with Gasteiger partial charge in [0.2, 0.25) is 11.8 Å². The zero-order valence-corrected chi connectivity index (χ0v) is 42.8. The lowest BCUT2D eigenvalue weighted by atomic mass is 10.0. The molecule has 2 aliphatic heterocycles. The van der Waals surface area contributed by atoms with Crippen molar-refractivity contribution in [2.45, 2.75) is 121 Å². The van der Waals surface area contributed by atoms with E-state index >= 15 is 0 Å². The van der Waals surface area contributed by atoms with Gasteiger partial charge in [0.1, 0.15) is 22.8 Å². The summed E-state index contributed by atoms with van der Waals surface area (Å²) in [6.07, 6.45) is -2.97. The molecule has 3 aromatic carbocycles. The number of hydrogen-bond acceptors (Lipinski definition) is 12. The predicted octanol–water partition coefficient (Wildman–Crippen LogP) is 7.17. The lowest BCUT2D eigenvalue weighted by molar-refractivity contribution is -0.145. The Kier molecular flexibility index (Phi) is 21.7. The van der Waals surface area contributed by atoms with Gasteiger partial charge < -0.3 is 45.1 Å². The van der Waals surface area contributed by atoms with Crippen molar-refractivity contribution in [2.24, 2.45) is 0 Å². The highest BCUT2D eigenvalue weighted by Crippen LogP contribution is 2.28. The van der Waals surface area contributed by atoms with E-state index < -0.39 is 105 Å². The van der Waals surface area contributed by atoms with Crippen LogP contribution in [0.15, 0.2) is 48.5 Å². The van der Waals surface area contributed by atoms with Crippen molar-refractivity contribution in [1.29, 1.82) is 0 Å². The van der Waals surface area contributed by atoms with E-state index in [2.05, 4.69) is 16.0 Å². The zero-order valence-electron chi connectivity index (χ0n) is 41.2. The number of carboxylic acids is 1. The third kappa shape index (κ3) is 19.3. The van der Waals surface area contributed by atoms with Crippen LogP contribution in [-0.4, -0.2) is 122 Å². The maximum absolute atomic E-state index is 14.4. The average molecular weight is 1070 g/mol. The maximum Gasteiger partial charge on any atom is 0.407 e. The summed E-state index contributed by atoms with van der Waals surface area (Å²) in [4.78, 5) is 89.2. The zero-order chi connectivity index (χ0) is 54.4. The van der Waals surface area contributed by atoms with Crippen molar-refractivity contribution >= 4 is 65.4 Å². The van der Waals surface area contributed by atoms with Gasteiger partial charge in [-0.15, -0.1) is 23.5 Å². The number of thioether (sulfide) groups is 2. The van der Waals surface area contributed by atoms with Gasteiger partial charge in [-0.1, -0.05) is 24.3 Å². The number of benzene rings is 3. The number of esters is 1. The number of rotatable bonds is 17. The Morgan fingerprint density at radius 1 is 0.644 bits per heavy atom. The number of halogens is 6. The third-order valence-electron chi connectivity index (χ3n) is 10.4. The van der Waals surface area contributed by atoms with Gasteiger partial charge in [-0.25, -0.2) is 40.7 Å². The molecule has 5 rings (SSSR count). The number of ether oxygens (including phenoxy) is 3. The van der Waals surface area contributed by atoms with Gasteiger partial charge in [-0.05, 0) is 95.7 Å². The molecule has 3 aromatic rings. The first-order valence-electron chi connectivity index (χ1n) is 22.9. The van der Waals surface area contributed by atoms with E-state index in [-0.39, 0.29) is 68.8 Å². The lowest BCUT2D eigenvalue weighted by Crippen LogP contribution is -2.48. The highest BCUT2D eigenvalue weighted by molar-refractivity contribution is 8.01. The molecular formula is C49H59F6N5O11S2. The SMILES string of the molecule is CC(C)(C)OC(=O)N[C@@H](CC(=O)N1CCSC1C(=O)O)Cc1cc(F)c(F)cc1F.CCOC(=O)Cc1ccc(CNC(=O)C2SCCN2C(=O)C[C@@H](Cc2cc(F)c(F)cc2F)NC(=O)OC(C)(C)C)cc1. The summed E-state index contributed by atoms with van der Waals surface area (Å²) in [6.45, 7) is 12.5.